The van der Waals surface area contributed by atoms with Gasteiger partial charge in [-0.25, -0.2) is 4.98 Å². The van der Waals surface area contributed by atoms with Crippen LogP contribution in [0.5, 0.6) is 5.75 Å². The van der Waals surface area contributed by atoms with Gasteiger partial charge in [0.2, 0.25) is 11.8 Å². The Morgan fingerprint density at radius 3 is 2.58 bits per heavy atom. The molecule has 45 heavy (non-hydrogen) atoms. The summed E-state index contributed by atoms with van der Waals surface area (Å²) in [7, 11) is 1.56. The zero-order chi connectivity index (χ0) is 31.9. The average Bonchev–Trinajstić information content (AvgIpc) is 3.06. The van der Waals surface area contributed by atoms with E-state index in [-0.39, 0.29) is 24.1 Å². The van der Waals surface area contributed by atoms with E-state index in [0.29, 0.717) is 64.9 Å². The summed E-state index contributed by atoms with van der Waals surface area (Å²) in [6, 6.07) is 15.7. The van der Waals surface area contributed by atoms with Crippen LogP contribution in [0.4, 0.5) is 5.69 Å². The van der Waals surface area contributed by atoms with Crippen LogP contribution >= 0.6 is 23.2 Å². The number of halogens is 2. The molecule has 0 saturated carbocycles. The number of aromatic nitrogens is 2. The molecule has 0 spiro atoms. The van der Waals surface area contributed by atoms with Crippen molar-refractivity contribution in [1.29, 1.82) is 0 Å². The molecule has 1 saturated heterocycles. The molecule has 12 heteroatoms. The Bertz CT molecular complexity index is 1760. The third-order valence-corrected chi connectivity index (χ3v) is 8.00. The van der Waals surface area contributed by atoms with Gasteiger partial charge in [-0.3, -0.25) is 19.4 Å². The number of amides is 3. The van der Waals surface area contributed by atoms with Gasteiger partial charge >= 0.3 is 0 Å². The van der Waals surface area contributed by atoms with E-state index in [4.69, 9.17) is 32.7 Å². The van der Waals surface area contributed by atoms with Crippen molar-refractivity contribution in [2.75, 3.05) is 44.8 Å². The number of benzene rings is 3. The second kappa shape index (κ2) is 14.5. The summed E-state index contributed by atoms with van der Waals surface area (Å²) < 4.78 is 11.3. The third-order valence-electron chi connectivity index (χ3n) is 7.23. The minimum Gasteiger partial charge on any atom is -0.486 e. The van der Waals surface area contributed by atoms with Crippen LogP contribution in [0.25, 0.3) is 17.1 Å². The maximum atomic E-state index is 13.0. The molecular weight excluding hydrogens is 617 g/mol. The Hall–Kier alpha value is -4.51. The Morgan fingerprint density at radius 1 is 1.07 bits per heavy atom. The van der Waals surface area contributed by atoms with Crippen molar-refractivity contribution in [2.24, 2.45) is 0 Å². The highest BCUT2D eigenvalue weighted by molar-refractivity contribution is 6.38. The number of ether oxygens (including phenoxy) is 2. The van der Waals surface area contributed by atoms with E-state index >= 15 is 0 Å². The smallest absolute Gasteiger partial charge is 0.254 e. The SMILES string of the molecule is Cc1cnc2cccc(OCc3c(Cl)ccc(N(C)C(=O)CNC(=O)/C=C/c4ccc(C(=O)N5CCOCC5)cc4)c3Cl)c2n1. The van der Waals surface area contributed by atoms with E-state index in [1.807, 2.05) is 19.1 Å². The van der Waals surface area contributed by atoms with E-state index < -0.39 is 11.8 Å². The normalized spacial score (nSPS) is 13.2. The van der Waals surface area contributed by atoms with E-state index in [1.165, 1.54) is 11.0 Å². The van der Waals surface area contributed by atoms with E-state index in [9.17, 15) is 14.4 Å². The second-order valence-electron chi connectivity index (χ2n) is 10.3. The molecule has 1 aliphatic heterocycles. The zero-order valence-corrected chi connectivity index (χ0v) is 26.3. The highest BCUT2D eigenvalue weighted by Crippen LogP contribution is 2.35. The summed E-state index contributed by atoms with van der Waals surface area (Å²) >= 11 is 13.2. The van der Waals surface area contributed by atoms with Gasteiger partial charge in [-0.1, -0.05) is 41.4 Å². The lowest BCUT2D eigenvalue weighted by molar-refractivity contribution is -0.122. The second-order valence-corrected chi connectivity index (χ2v) is 11.1. The molecule has 0 bridgehead atoms. The van der Waals surface area contributed by atoms with Crippen LogP contribution < -0.4 is 15.0 Å². The zero-order valence-electron chi connectivity index (χ0n) is 24.8. The molecule has 1 fully saturated rings. The van der Waals surface area contributed by atoms with Gasteiger partial charge in [0.1, 0.15) is 17.9 Å². The van der Waals surface area contributed by atoms with Gasteiger partial charge in [0.15, 0.2) is 0 Å². The largest absolute Gasteiger partial charge is 0.486 e. The summed E-state index contributed by atoms with van der Waals surface area (Å²) in [4.78, 5) is 50.0. The number of nitrogens with one attached hydrogen (secondary N) is 1. The lowest BCUT2D eigenvalue weighted by atomic mass is 10.1. The highest BCUT2D eigenvalue weighted by Gasteiger charge is 2.20. The van der Waals surface area contributed by atoms with E-state index in [2.05, 4.69) is 15.3 Å². The van der Waals surface area contributed by atoms with Crippen LogP contribution in [-0.2, 0) is 20.9 Å². The molecule has 0 aliphatic carbocycles. The van der Waals surface area contributed by atoms with Crippen LogP contribution in [-0.4, -0.2) is 72.5 Å². The summed E-state index contributed by atoms with van der Waals surface area (Å²) in [6.45, 7) is 3.82. The maximum absolute atomic E-state index is 13.0. The van der Waals surface area contributed by atoms with Crippen LogP contribution in [0.2, 0.25) is 10.0 Å². The van der Waals surface area contributed by atoms with Crippen LogP contribution in [0.15, 0.2) is 66.9 Å². The number of aryl methyl sites for hydroxylation is 1. The Balaban J connectivity index is 1.17. The lowest BCUT2D eigenvalue weighted by Crippen LogP contribution is -2.40. The number of fused-ring (bicyclic) bond motifs is 1. The number of rotatable bonds is 9. The molecule has 0 atom stereocenters. The summed E-state index contributed by atoms with van der Waals surface area (Å²) in [5.74, 6) is -0.364. The fourth-order valence-electron chi connectivity index (χ4n) is 4.67. The van der Waals surface area contributed by atoms with E-state index in [1.54, 1.807) is 66.7 Å². The summed E-state index contributed by atoms with van der Waals surface area (Å²) in [5.41, 5.74) is 4.29. The number of para-hydroxylation sites is 1. The first-order chi connectivity index (χ1) is 21.7. The molecule has 0 unspecified atom stereocenters. The molecule has 10 nitrogen and oxygen atoms in total. The predicted octanol–water partition coefficient (Wildman–Crippen LogP) is 5.09. The van der Waals surface area contributed by atoms with Gasteiger partial charge in [0, 0.05) is 48.6 Å². The van der Waals surface area contributed by atoms with Crippen molar-refractivity contribution in [3.8, 4) is 5.75 Å². The minimum absolute atomic E-state index is 0.0339. The Kier molecular flexibility index (Phi) is 10.3. The quantitative estimate of drug-likeness (QED) is 0.252. The van der Waals surface area contributed by atoms with Crippen molar-refractivity contribution in [3.05, 3.63) is 99.3 Å². The lowest BCUT2D eigenvalue weighted by Gasteiger charge is -2.26. The summed E-state index contributed by atoms with van der Waals surface area (Å²) in [5, 5.41) is 3.22. The number of nitrogens with zero attached hydrogens (tertiary/aromatic N) is 4. The number of anilines is 1. The molecule has 3 amide bonds. The molecule has 1 N–H and O–H groups in total. The summed E-state index contributed by atoms with van der Waals surface area (Å²) in [6.07, 6.45) is 4.62. The molecule has 232 valence electrons. The molecule has 0 radical (unpaired) electrons. The molecule has 4 aromatic rings. The van der Waals surface area contributed by atoms with Gasteiger partial charge in [-0.15, -0.1) is 0 Å². The van der Waals surface area contributed by atoms with Crippen molar-refractivity contribution in [2.45, 2.75) is 13.5 Å². The number of morpholine rings is 1. The molecule has 5 rings (SSSR count). The first kappa shape index (κ1) is 31.9. The fraction of sp³-hybridized carbons (Fsp3) is 0.242. The van der Waals surface area contributed by atoms with Gasteiger partial charge in [0.05, 0.1) is 41.7 Å². The van der Waals surface area contributed by atoms with Crippen LogP contribution in [0.1, 0.15) is 27.2 Å². The standard InChI is InChI=1S/C33H31Cl2N5O5/c1-21-18-36-26-4-3-5-28(32(26)38-21)45-20-24-25(34)11-12-27(31(24)35)39(2)30(42)19-37-29(41)13-8-22-6-9-23(10-7-22)33(43)40-14-16-44-17-15-40/h3-13,18H,14-17,19-20H2,1-2H3,(H,37,41)/b13-8+. The predicted molar refractivity (Wildman–Crippen MR) is 174 cm³/mol. The fourth-order valence-corrected chi connectivity index (χ4v) is 5.28. The number of carbonyl (C=O) groups excluding carboxylic acids is 3. The van der Waals surface area contributed by atoms with Gasteiger partial charge in [-0.2, -0.15) is 0 Å². The van der Waals surface area contributed by atoms with Crippen molar-refractivity contribution >= 4 is 63.7 Å². The van der Waals surface area contributed by atoms with Crippen LogP contribution in [0, 0.1) is 6.92 Å². The third kappa shape index (κ3) is 7.78. The molecular formula is C33H31Cl2N5O5. The van der Waals surface area contributed by atoms with Gasteiger partial charge in [0.25, 0.3) is 5.91 Å². The average molecular weight is 649 g/mol. The molecule has 3 aromatic carbocycles. The van der Waals surface area contributed by atoms with Crippen molar-refractivity contribution < 1.29 is 23.9 Å². The monoisotopic (exact) mass is 647 g/mol. The number of carbonyl (C=O) groups is 3. The molecule has 1 aromatic heterocycles. The number of hydrogen-bond donors (Lipinski definition) is 1. The van der Waals surface area contributed by atoms with Crippen molar-refractivity contribution in [3.63, 3.8) is 0 Å². The number of hydrogen-bond acceptors (Lipinski definition) is 7. The first-order valence-electron chi connectivity index (χ1n) is 14.2. The van der Waals surface area contributed by atoms with E-state index in [0.717, 1.165) is 11.3 Å². The maximum Gasteiger partial charge on any atom is 0.254 e. The highest BCUT2D eigenvalue weighted by atomic mass is 35.5. The van der Waals surface area contributed by atoms with Crippen LogP contribution in [0.3, 0.4) is 0 Å². The van der Waals surface area contributed by atoms with Gasteiger partial charge in [-0.05, 0) is 55.0 Å². The van der Waals surface area contributed by atoms with Gasteiger partial charge < -0.3 is 24.6 Å². The Labute approximate surface area is 270 Å². The Morgan fingerprint density at radius 2 is 1.82 bits per heavy atom. The van der Waals surface area contributed by atoms with Crippen molar-refractivity contribution in [1.82, 2.24) is 20.2 Å². The minimum atomic E-state index is -0.449. The molecule has 1 aliphatic rings. The number of likely N-dealkylation sites (N-methyl/N-ethyl adjacent to an activating group) is 1. The first-order valence-corrected chi connectivity index (χ1v) is 15.0. The molecule has 2 heterocycles. The topological polar surface area (TPSA) is 114 Å².